The van der Waals surface area contributed by atoms with Crippen molar-refractivity contribution >= 4 is 5.91 Å². The molecular weight excluding hydrogens is 1000 g/mol. The Balaban J connectivity index is 2.24. The van der Waals surface area contributed by atoms with Gasteiger partial charge in [-0.25, -0.2) is 0 Å². The average molecular weight is 1130 g/mol. The van der Waals surface area contributed by atoms with E-state index in [1.54, 1.807) is 0 Å². The molecule has 1 aliphatic heterocycles. The van der Waals surface area contributed by atoms with Crippen molar-refractivity contribution in [3.63, 3.8) is 0 Å². The van der Waals surface area contributed by atoms with Crippen LogP contribution in [0.1, 0.15) is 328 Å². The second kappa shape index (κ2) is 57.7. The van der Waals surface area contributed by atoms with E-state index >= 15 is 0 Å². The summed E-state index contributed by atoms with van der Waals surface area (Å²) in [6, 6.07) is -1.19. The van der Waals surface area contributed by atoms with Crippen LogP contribution in [0.25, 0.3) is 0 Å². The van der Waals surface area contributed by atoms with Crippen LogP contribution < -0.4 is 5.32 Å². The summed E-state index contributed by atoms with van der Waals surface area (Å²) < 4.78 is 11.2. The van der Waals surface area contributed by atoms with E-state index in [4.69, 9.17) is 9.47 Å². The second-order valence-corrected chi connectivity index (χ2v) is 24.2. The highest BCUT2D eigenvalue weighted by molar-refractivity contribution is 5.80. The first-order valence-electron chi connectivity index (χ1n) is 34.4. The minimum atomic E-state index is -1.67. The van der Waals surface area contributed by atoms with Gasteiger partial charge in [-0.05, 0) is 70.6 Å². The van der Waals surface area contributed by atoms with E-state index in [-0.39, 0.29) is 12.8 Å². The lowest BCUT2D eigenvalue weighted by molar-refractivity contribution is -0.303. The van der Waals surface area contributed by atoms with Gasteiger partial charge in [0.1, 0.15) is 36.6 Å². The highest BCUT2D eigenvalue weighted by Crippen LogP contribution is 2.24. The molecule has 1 aliphatic rings. The molecule has 0 aromatic carbocycles. The van der Waals surface area contributed by atoms with Crippen molar-refractivity contribution in [3.8, 4) is 0 Å². The maximum absolute atomic E-state index is 13.2. The Hall–Kier alpha value is -1.67. The van der Waals surface area contributed by atoms with Gasteiger partial charge >= 0.3 is 0 Å². The monoisotopic (exact) mass is 1130 g/mol. The molecule has 9 atom stereocenters. The van der Waals surface area contributed by atoms with Crippen LogP contribution in [-0.4, -0.2) is 110 Å². The number of allylic oxidation sites excluding steroid dienone is 6. The molecule has 1 heterocycles. The van der Waals surface area contributed by atoms with E-state index < -0.39 is 74.2 Å². The van der Waals surface area contributed by atoms with Crippen molar-refractivity contribution in [3.05, 3.63) is 36.5 Å². The normalized spacial score (nSPS) is 19.4. The van der Waals surface area contributed by atoms with Crippen LogP contribution in [0, 0.1) is 0 Å². The van der Waals surface area contributed by atoms with Crippen LogP contribution in [0.3, 0.4) is 0 Å². The molecule has 11 nitrogen and oxygen atoms in total. The summed E-state index contributed by atoms with van der Waals surface area (Å²) in [5.41, 5.74) is 0. The summed E-state index contributed by atoms with van der Waals surface area (Å²) >= 11 is 0. The molecule has 0 saturated carbocycles. The summed E-state index contributed by atoms with van der Waals surface area (Å²) in [5.74, 6) is -0.705. The third-order valence-electron chi connectivity index (χ3n) is 16.7. The van der Waals surface area contributed by atoms with Crippen molar-refractivity contribution in [1.29, 1.82) is 0 Å². The number of unbranched alkanes of at least 4 members (excludes halogenated alkanes) is 42. The predicted molar refractivity (Wildman–Crippen MR) is 335 cm³/mol. The zero-order valence-electron chi connectivity index (χ0n) is 52.1. The number of ether oxygens (including phenoxy) is 2. The number of hydrogen-bond donors (Lipinski definition) is 8. The third-order valence-corrected chi connectivity index (χ3v) is 16.7. The van der Waals surface area contributed by atoms with Gasteiger partial charge in [-0.3, -0.25) is 4.79 Å². The fraction of sp³-hybridized carbons (Fsp3) is 0.899. The minimum absolute atomic E-state index is 0.251. The molecule has 0 spiro atoms. The number of amides is 1. The van der Waals surface area contributed by atoms with E-state index in [1.165, 1.54) is 238 Å². The number of carbonyl (C=O) groups is 1. The Kier molecular flexibility index (Phi) is 55.1. The number of aliphatic hydroxyl groups excluding tert-OH is 7. The molecule has 80 heavy (non-hydrogen) atoms. The van der Waals surface area contributed by atoms with Crippen molar-refractivity contribution < 1.29 is 50.0 Å². The lowest BCUT2D eigenvalue weighted by Gasteiger charge is -2.40. The summed E-state index contributed by atoms with van der Waals surface area (Å²) in [7, 11) is 0. The topological polar surface area (TPSA) is 189 Å². The number of nitrogens with one attached hydrogen (secondary N) is 1. The first kappa shape index (κ1) is 76.3. The molecule has 1 fully saturated rings. The molecule has 472 valence electrons. The Morgan fingerprint density at radius 3 is 1.15 bits per heavy atom. The molecule has 1 amide bonds. The van der Waals surface area contributed by atoms with Gasteiger partial charge in [0.05, 0.1) is 25.4 Å². The zero-order valence-corrected chi connectivity index (χ0v) is 52.1. The number of hydrogen-bond acceptors (Lipinski definition) is 10. The molecule has 1 rings (SSSR count). The molecule has 0 bridgehead atoms. The molecule has 9 unspecified atom stereocenters. The quantitative estimate of drug-likeness (QED) is 0.0215. The summed E-state index contributed by atoms with van der Waals surface area (Å²) in [5, 5.41) is 76.4. The first-order valence-corrected chi connectivity index (χ1v) is 34.4. The predicted octanol–water partition coefficient (Wildman–Crippen LogP) is 16.2. The maximum Gasteiger partial charge on any atom is 0.249 e. The molecule has 11 heteroatoms. The fourth-order valence-electron chi connectivity index (χ4n) is 11.1. The van der Waals surface area contributed by atoms with E-state index in [1.807, 2.05) is 0 Å². The number of carbonyl (C=O) groups excluding carboxylic acids is 1. The van der Waals surface area contributed by atoms with Crippen LogP contribution in [0.5, 0.6) is 0 Å². The van der Waals surface area contributed by atoms with E-state index in [0.717, 1.165) is 51.4 Å². The van der Waals surface area contributed by atoms with Gasteiger partial charge in [-0.1, -0.05) is 294 Å². The summed E-state index contributed by atoms with van der Waals surface area (Å²) in [4.78, 5) is 13.2. The van der Waals surface area contributed by atoms with Gasteiger partial charge in [-0.15, -0.1) is 0 Å². The van der Waals surface area contributed by atoms with Gasteiger partial charge in [-0.2, -0.15) is 0 Å². The second-order valence-electron chi connectivity index (χ2n) is 24.2. The smallest absolute Gasteiger partial charge is 0.249 e. The van der Waals surface area contributed by atoms with Crippen LogP contribution in [0.4, 0.5) is 0 Å². The Morgan fingerprint density at radius 2 is 0.775 bits per heavy atom. The molecule has 8 N–H and O–H groups in total. The highest BCUT2D eigenvalue weighted by Gasteiger charge is 2.44. The van der Waals surface area contributed by atoms with Gasteiger partial charge in [0.25, 0.3) is 0 Å². The zero-order chi connectivity index (χ0) is 58.2. The van der Waals surface area contributed by atoms with Crippen molar-refractivity contribution in [2.24, 2.45) is 0 Å². The van der Waals surface area contributed by atoms with Crippen molar-refractivity contribution in [2.45, 2.75) is 384 Å². The highest BCUT2D eigenvalue weighted by atomic mass is 16.7. The van der Waals surface area contributed by atoms with Crippen LogP contribution >= 0.6 is 0 Å². The van der Waals surface area contributed by atoms with Gasteiger partial charge in [0.15, 0.2) is 6.29 Å². The number of aliphatic hydroxyl groups is 7. The Morgan fingerprint density at radius 1 is 0.438 bits per heavy atom. The third kappa shape index (κ3) is 44.8. The van der Waals surface area contributed by atoms with Gasteiger partial charge < -0.3 is 50.5 Å². The molecule has 0 radical (unpaired) electrons. The van der Waals surface area contributed by atoms with Crippen molar-refractivity contribution in [2.75, 3.05) is 13.2 Å². The van der Waals surface area contributed by atoms with Crippen LogP contribution in [0.2, 0.25) is 0 Å². The molecule has 0 aromatic rings. The lowest BCUT2D eigenvalue weighted by atomic mass is 9.98. The van der Waals surface area contributed by atoms with Crippen LogP contribution in [-0.2, 0) is 14.3 Å². The molecular formula is C69H131NO10. The largest absolute Gasteiger partial charge is 0.394 e. The first-order chi connectivity index (χ1) is 39.2. The van der Waals surface area contributed by atoms with Crippen LogP contribution in [0.15, 0.2) is 36.5 Å². The minimum Gasteiger partial charge on any atom is -0.394 e. The van der Waals surface area contributed by atoms with Gasteiger partial charge in [0, 0.05) is 0 Å². The van der Waals surface area contributed by atoms with E-state index in [2.05, 4.69) is 55.6 Å². The Bertz CT molecular complexity index is 1390. The fourth-order valence-corrected chi connectivity index (χ4v) is 11.1. The molecule has 0 aromatic heterocycles. The Labute approximate surface area is 492 Å². The standard InChI is InChI=1S/C69H131NO10/c1-3-5-7-9-11-13-15-17-19-21-23-25-27-29-31-33-34-36-38-40-42-44-46-48-50-52-54-56-61(72)64(74)60(59-79-69-67(77)66(76)65(75)63(58-71)80-69)70-68(78)62(73)57-55-53-51-49-47-45-43-41-39-37-35-32-30-28-26-24-22-20-18-16-14-12-10-8-6-4-2/h24,26,30,32,48,50,60-67,69,71-77H,3-23,25,27-29,31,33-47,49,51-59H2,1-2H3,(H,70,78)/b26-24-,32-30-,50-48+. The molecule has 0 aliphatic carbocycles. The SMILES string of the molecule is CCCCCCCCCCC/C=C\C/C=C\CCCCCCCCCCCCC(O)C(=O)NC(COC1OC(CO)C(O)C(O)C1O)C(O)C(O)CCC/C=C/CCCCCCCCCCCCCCCCCCCCCCCC. The number of rotatable bonds is 60. The maximum atomic E-state index is 13.2. The van der Waals surface area contributed by atoms with E-state index in [9.17, 15) is 40.5 Å². The molecule has 1 saturated heterocycles. The summed E-state index contributed by atoms with van der Waals surface area (Å²) in [6.07, 6.45) is 62.2. The average Bonchev–Trinajstić information content (AvgIpc) is 3.48. The summed E-state index contributed by atoms with van der Waals surface area (Å²) in [6.45, 7) is 3.49. The van der Waals surface area contributed by atoms with Gasteiger partial charge in [0.2, 0.25) is 5.91 Å². The van der Waals surface area contributed by atoms with Crippen molar-refractivity contribution in [1.82, 2.24) is 5.32 Å². The lowest BCUT2D eigenvalue weighted by Crippen LogP contribution is -2.60. The van der Waals surface area contributed by atoms with E-state index in [0.29, 0.717) is 12.8 Å².